The first kappa shape index (κ1) is 36.8. The predicted octanol–water partition coefficient (Wildman–Crippen LogP) is 13.8. The molecule has 0 N–H and O–H groups in total. The van der Waals surface area contributed by atoms with E-state index in [1.807, 2.05) is 0 Å². The van der Waals surface area contributed by atoms with Crippen molar-refractivity contribution in [2.75, 3.05) is 0 Å². The Labute approximate surface area is 249 Å². The molecule has 1 aliphatic rings. The Bertz CT molecular complexity index is 544. The van der Waals surface area contributed by atoms with Gasteiger partial charge in [-0.3, -0.25) is 0 Å². The topological polar surface area (TPSA) is 0 Å². The molecule has 0 bridgehead atoms. The van der Waals surface area contributed by atoms with Crippen molar-refractivity contribution < 1.29 is 0 Å². The average molecular weight is 545 g/mol. The highest BCUT2D eigenvalue weighted by Crippen LogP contribution is 2.46. The maximum atomic E-state index is 4.24. The minimum atomic E-state index is 0.875. The van der Waals surface area contributed by atoms with Gasteiger partial charge in [-0.2, -0.15) is 0 Å². The van der Waals surface area contributed by atoms with E-state index in [2.05, 4.69) is 61.1 Å². The summed E-state index contributed by atoms with van der Waals surface area (Å²) < 4.78 is 0. The summed E-state index contributed by atoms with van der Waals surface area (Å²) in [4.78, 5) is 0. The fourth-order valence-electron chi connectivity index (χ4n) is 8.41. The van der Waals surface area contributed by atoms with Gasteiger partial charge in [-0.15, -0.1) is 6.58 Å². The molecule has 0 aromatic heterocycles. The van der Waals surface area contributed by atoms with Crippen molar-refractivity contribution in [2.45, 2.75) is 190 Å². The maximum Gasteiger partial charge on any atom is -0.0322 e. The van der Waals surface area contributed by atoms with Crippen molar-refractivity contribution in [3.05, 3.63) is 12.7 Å². The van der Waals surface area contributed by atoms with Gasteiger partial charge in [0.05, 0.1) is 0 Å². The normalized spacial score (nSPS) is 22.7. The van der Waals surface area contributed by atoms with Crippen molar-refractivity contribution in [3.63, 3.8) is 0 Å². The second-order valence-electron chi connectivity index (χ2n) is 14.4. The van der Waals surface area contributed by atoms with Gasteiger partial charge in [-0.05, 0) is 85.9 Å². The van der Waals surface area contributed by atoms with Crippen LogP contribution in [0.2, 0.25) is 0 Å². The highest BCUT2D eigenvalue weighted by molar-refractivity contribution is 4.88. The first-order chi connectivity index (χ1) is 18.9. The van der Waals surface area contributed by atoms with E-state index in [1.54, 1.807) is 0 Å². The van der Waals surface area contributed by atoms with E-state index in [4.69, 9.17) is 0 Å². The highest BCUT2D eigenvalue weighted by Gasteiger charge is 2.36. The third-order valence-corrected chi connectivity index (χ3v) is 11.3. The van der Waals surface area contributed by atoms with Gasteiger partial charge in [0, 0.05) is 0 Å². The molecule has 0 aliphatic heterocycles. The Morgan fingerprint density at radius 1 is 0.692 bits per heavy atom. The summed E-state index contributed by atoms with van der Waals surface area (Å²) in [5.74, 6) is 7.54. The van der Waals surface area contributed by atoms with E-state index in [1.165, 1.54) is 141 Å². The summed E-state index contributed by atoms with van der Waals surface area (Å²) in [6, 6.07) is 0. The van der Waals surface area contributed by atoms with E-state index in [0.29, 0.717) is 0 Å². The smallest absolute Gasteiger partial charge is 0.0322 e. The van der Waals surface area contributed by atoms with Crippen LogP contribution in [0.1, 0.15) is 190 Å². The Morgan fingerprint density at radius 3 is 2.00 bits per heavy atom. The summed E-state index contributed by atoms with van der Waals surface area (Å²) in [6.07, 6.45) is 33.8. The molecular formula is C39H76. The summed E-state index contributed by atoms with van der Waals surface area (Å²) in [6.45, 7) is 21.3. The van der Waals surface area contributed by atoms with Crippen LogP contribution in [0.15, 0.2) is 12.7 Å². The molecule has 0 heteroatoms. The Kier molecular flexibility index (Phi) is 22.0. The van der Waals surface area contributed by atoms with Crippen LogP contribution in [0.25, 0.3) is 0 Å². The molecule has 0 saturated heterocycles. The molecule has 0 aromatic rings. The minimum absolute atomic E-state index is 0.875. The lowest BCUT2D eigenvalue weighted by Crippen LogP contribution is -2.26. The van der Waals surface area contributed by atoms with E-state index < -0.39 is 0 Å². The number of allylic oxidation sites excluding steroid dienone is 1. The van der Waals surface area contributed by atoms with Crippen LogP contribution >= 0.6 is 0 Å². The van der Waals surface area contributed by atoms with Gasteiger partial charge in [0.2, 0.25) is 0 Å². The molecule has 1 aliphatic carbocycles. The van der Waals surface area contributed by atoms with Crippen molar-refractivity contribution in [1.29, 1.82) is 0 Å². The lowest BCUT2D eigenvalue weighted by atomic mass is 9.70. The van der Waals surface area contributed by atoms with Crippen molar-refractivity contribution in [1.82, 2.24) is 0 Å². The van der Waals surface area contributed by atoms with Crippen molar-refractivity contribution in [2.24, 2.45) is 47.3 Å². The molecule has 0 aromatic carbocycles. The Morgan fingerprint density at radius 2 is 1.36 bits per heavy atom. The number of hydrogen-bond donors (Lipinski definition) is 0. The zero-order valence-electron chi connectivity index (χ0n) is 28.5. The average Bonchev–Trinajstić information content (AvgIpc) is 3.29. The third-order valence-electron chi connectivity index (χ3n) is 11.3. The SMILES string of the molecule is C=CCC(CCCCCCCC)C(CC1CC(C)C(CCC(C)CCCC(CC)CC)C1)C(CC)CCCC. The van der Waals surface area contributed by atoms with Crippen LogP contribution in [0, 0.1) is 47.3 Å². The first-order valence-corrected chi connectivity index (χ1v) is 18.5. The fraction of sp³-hybridized carbons (Fsp3) is 0.949. The Balaban J connectivity index is 2.70. The van der Waals surface area contributed by atoms with E-state index in [0.717, 1.165) is 47.3 Å². The molecule has 1 fully saturated rings. The molecule has 0 spiro atoms. The van der Waals surface area contributed by atoms with Gasteiger partial charge in [-0.25, -0.2) is 0 Å². The standard InChI is InChI=1S/C39H76/c1-9-15-17-18-19-20-26-37(22-11-3)39(36(14-6)25-16-10-2)31-35-29-33(8)38(30-35)28-27-32(7)23-21-24-34(12-4)13-5/h11,32-39H,3,9-10,12-31H2,1-2,4-8H3. The summed E-state index contributed by atoms with van der Waals surface area (Å²) >= 11 is 0. The molecule has 0 heterocycles. The zero-order valence-corrected chi connectivity index (χ0v) is 28.5. The molecule has 0 radical (unpaired) electrons. The van der Waals surface area contributed by atoms with E-state index in [9.17, 15) is 0 Å². The van der Waals surface area contributed by atoms with Crippen LogP contribution in [0.3, 0.4) is 0 Å². The monoisotopic (exact) mass is 545 g/mol. The van der Waals surface area contributed by atoms with Crippen LogP contribution < -0.4 is 0 Å². The molecule has 1 saturated carbocycles. The number of hydrogen-bond acceptors (Lipinski definition) is 0. The molecule has 1 rings (SSSR count). The number of unbranched alkanes of at least 4 members (excludes halogenated alkanes) is 6. The van der Waals surface area contributed by atoms with Crippen LogP contribution in [-0.2, 0) is 0 Å². The van der Waals surface area contributed by atoms with Crippen molar-refractivity contribution in [3.8, 4) is 0 Å². The van der Waals surface area contributed by atoms with Gasteiger partial charge < -0.3 is 0 Å². The van der Waals surface area contributed by atoms with Gasteiger partial charge >= 0.3 is 0 Å². The molecule has 0 nitrogen and oxygen atoms in total. The first-order valence-electron chi connectivity index (χ1n) is 18.5. The lowest BCUT2D eigenvalue weighted by molar-refractivity contribution is 0.154. The molecule has 0 amide bonds. The molecule has 232 valence electrons. The predicted molar refractivity (Wildman–Crippen MR) is 179 cm³/mol. The summed E-state index contributed by atoms with van der Waals surface area (Å²) in [7, 11) is 0. The Hall–Kier alpha value is -0.260. The highest BCUT2D eigenvalue weighted by atomic mass is 14.4. The van der Waals surface area contributed by atoms with Gasteiger partial charge in [0.25, 0.3) is 0 Å². The van der Waals surface area contributed by atoms with Crippen LogP contribution in [-0.4, -0.2) is 0 Å². The van der Waals surface area contributed by atoms with Gasteiger partial charge in [0.1, 0.15) is 0 Å². The molecule has 7 unspecified atom stereocenters. The largest absolute Gasteiger partial charge is 0.103 e. The quantitative estimate of drug-likeness (QED) is 0.0750. The number of rotatable bonds is 26. The lowest BCUT2D eigenvalue weighted by Gasteiger charge is -2.35. The maximum absolute atomic E-state index is 4.24. The van der Waals surface area contributed by atoms with Gasteiger partial charge in [-0.1, -0.05) is 157 Å². The van der Waals surface area contributed by atoms with E-state index in [-0.39, 0.29) is 0 Å². The van der Waals surface area contributed by atoms with Gasteiger partial charge in [0.15, 0.2) is 0 Å². The molecule has 39 heavy (non-hydrogen) atoms. The van der Waals surface area contributed by atoms with Crippen molar-refractivity contribution >= 4 is 0 Å². The van der Waals surface area contributed by atoms with Crippen LogP contribution in [0.4, 0.5) is 0 Å². The molecular weight excluding hydrogens is 468 g/mol. The third kappa shape index (κ3) is 15.5. The van der Waals surface area contributed by atoms with E-state index >= 15 is 0 Å². The summed E-state index contributed by atoms with van der Waals surface area (Å²) in [5.41, 5.74) is 0. The second kappa shape index (κ2) is 23.3. The molecule has 7 atom stereocenters. The minimum Gasteiger partial charge on any atom is -0.103 e. The summed E-state index contributed by atoms with van der Waals surface area (Å²) in [5, 5.41) is 0. The van der Waals surface area contributed by atoms with Crippen LogP contribution in [0.5, 0.6) is 0 Å². The zero-order chi connectivity index (χ0) is 28.9. The fourth-order valence-corrected chi connectivity index (χ4v) is 8.41. The second-order valence-corrected chi connectivity index (χ2v) is 14.4.